The van der Waals surface area contributed by atoms with Crippen molar-refractivity contribution in [3.8, 4) is 23.0 Å². The van der Waals surface area contributed by atoms with Crippen LogP contribution in [0, 0.1) is 0 Å². The molecule has 0 amide bonds. The first kappa shape index (κ1) is 13.1. The second-order valence-electron chi connectivity index (χ2n) is 4.89. The van der Waals surface area contributed by atoms with Gasteiger partial charge in [-0.2, -0.15) is 0 Å². The van der Waals surface area contributed by atoms with E-state index in [4.69, 9.17) is 0 Å². The van der Waals surface area contributed by atoms with Gasteiger partial charge in [-0.25, -0.2) is 0 Å². The second kappa shape index (κ2) is 4.56. The van der Waals surface area contributed by atoms with Crippen LogP contribution in [0.15, 0.2) is 35.9 Å². The largest absolute Gasteiger partial charge is 0.508 e. The number of allylic oxidation sites excluding steroid dienone is 1. The zero-order valence-electron chi connectivity index (χ0n) is 10.9. The number of Topliss-reactive ketones (excluding diaryl/α,β-unsaturated/α-hetero) is 1. The number of rotatable bonds is 1. The number of ketones is 1. The highest BCUT2D eigenvalue weighted by molar-refractivity contribution is 6.16. The lowest BCUT2D eigenvalue weighted by Gasteiger charge is -2.03. The third-order valence-corrected chi connectivity index (χ3v) is 3.49. The number of hydrogen-bond acceptors (Lipinski definition) is 5. The van der Waals surface area contributed by atoms with Crippen LogP contribution in [0.1, 0.15) is 21.5 Å². The lowest BCUT2D eigenvalue weighted by molar-refractivity contribution is 0.104. The molecule has 0 saturated carbocycles. The molecule has 0 heterocycles. The summed E-state index contributed by atoms with van der Waals surface area (Å²) < 4.78 is 0. The van der Waals surface area contributed by atoms with Crippen molar-refractivity contribution in [2.45, 2.75) is 6.42 Å². The Morgan fingerprint density at radius 1 is 0.952 bits per heavy atom. The summed E-state index contributed by atoms with van der Waals surface area (Å²) in [5.74, 6) is -1.66. The Kier molecular flexibility index (Phi) is 2.83. The summed E-state index contributed by atoms with van der Waals surface area (Å²) in [5.41, 5.74) is 1.85. The summed E-state index contributed by atoms with van der Waals surface area (Å²) in [6.07, 6.45) is 1.80. The highest BCUT2D eigenvalue weighted by Crippen LogP contribution is 2.38. The van der Waals surface area contributed by atoms with Crippen LogP contribution < -0.4 is 0 Å². The van der Waals surface area contributed by atoms with E-state index in [0.29, 0.717) is 22.3 Å². The molecule has 1 aliphatic rings. The number of phenolic OH excluding ortho intramolecular Hbond substituents is 4. The van der Waals surface area contributed by atoms with Crippen molar-refractivity contribution >= 4 is 11.9 Å². The van der Waals surface area contributed by atoms with E-state index in [9.17, 15) is 25.2 Å². The van der Waals surface area contributed by atoms with Crippen LogP contribution in [0.2, 0.25) is 0 Å². The van der Waals surface area contributed by atoms with Crippen molar-refractivity contribution in [2.24, 2.45) is 0 Å². The first-order valence-corrected chi connectivity index (χ1v) is 6.28. The van der Waals surface area contributed by atoms with Crippen molar-refractivity contribution in [3.05, 3.63) is 52.6 Å². The normalized spacial score (nSPS) is 15.4. The van der Waals surface area contributed by atoms with Gasteiger partial charge in [0.1, 0.15) is 5.75 Å². The second-order valence-corrected chi connectivity index (χ2v) is 4.89. The average Bonchev–Trinajstić information content (AvgIpc) is 2.75. The third kappa shape index (κ3) is 2.08. The van der Waals surface area contributed by atoms with Gasteiger partial charge in [-0.05, 0) is 29.8 Å². The maximum atomic E-state index is 12.2. The Labute approximate surface area is 120 Å². The fourth-order valence-corrected chi connectivity index (χ4v) is 2.44. The first-order chi connectivity index (χ1) is 9.97. The highest BCUT2D eigenvalue weighted by atomic mass is 16.3. The number of aromatic hydroxyl groups is 4. The van der Waals surface area contributed by atoms with Gasteiger partial charge >= 0.3 is 0 Å². The van der Waals surface area contributed by atoms with E-state index in [0.717, 1.165) is 0 Å². The monoisotopic (exact) mass is 284 g/mol. The van der Waals surface area contributed by atoms with Gasteiger partial charge in [0.2, 0.25) is 0 Å². The molecule has 2 aromatic rings. The van der Waals surface area contributed by atoms with Gasteiger partial charge < -0.3 is 20.4 Å². The molecule has 0 spiro atoms. The molecular weight excluding hydrogens is 272 g/mol. The molecule has 4 N–H and O–H groups in total. The standard InChI is InChI=1S/C16H12O5/c17-12-3-1-2-10-11(12)7-9(15(10)20)4-8-5-13(18)16(21)14(19)6-8/h1-6,17-19,21H,7H2/b9-4+. The maximum Gasteiger partial charge on any atom is 0.200 e. The smallest absolute Gasteiger partial charge is 0.200 e. The van der Waals surface area contributed by atoms with Crippen molar-refractivity contribution in [3.63, 3.8) is 0 Å². The number of carbonyl (C=O) groups excluding carboxylic acids is 1. The predicted octanol–water partition coefficient (Wildman–Crippen LogP) is 2.33. The Hall–Kier alpha value is -2.95. The van der Waals surface area contributed by atoms with Crippen molar-refractivity contribution in [2.75, 3.05) is 0 Å². The van der Waals surface area contributed by atoms with Gasteiger partial charge in [0.15, 0.2) is 23.0 Å². The Morgan fingerprint density at radius 2 is 1.62 bits per heavy atom. The quantitative estimate of drug-likeness (QED) is 0.476. The van der Waals surface area contributed by atoms with Gasteiger partial charge in [0, 0.05) is 23.1 Å². The molecule has 0 aromatic heterocycles. The van der Waals surface area contributed by atoms with E-state index in [1.54, 1.807) is 12.1 Å². The Bertz CT molecular complexity index is 766. The SMILES string of the molecule is O=C1/C(=C/c2cc(O)c(O)c(O)c2)Cc2c(O)cccc21. The zero-order chi connectivity index (χ0) is 15.1. The number of phenols is 4. The fraction of sp³-hybridized carbons (Fsp3) is 0.0625. The molecule has 106 valence electrons. The van der Waals surface area contributed by atoms with E-state index < -0.39 is 17.2 Å². The minimum absolute atomic E-state index is 0.0700. The molecule has 0 atom stereocenters. The third-order valence-electron chi connectivity index (χ3n) is 3.49. The molecule has 2 aromatic carbocycles. The molecule has 0 aliphatic heterocycles. The minimum Gasteiger partial charge on any atom is -0.508 e. The van der Waals surface area contributed by atoms with Gasteiger partial charge in [-0.15, -0.1) is 0 Å². The molecule has 1 aliphatic carbocycles. The zero-order valence-corrected chi connectivity index (χ0v) is 10.9. The lowest BCUT2D eigenvalue weighted by Crippen LogP contribution is -1.95. The van der Waals surface area contributed by atoms with Crippen LogP contribution in [0.25, 0.3) is 6.08 Å². The fourth-order valence-electron chi connectivity index (χ4n) is 2.44. The van der Waals surface area contributed by atoms with Crippen molar-refractivity contribution < 1.29 is 25.2 Å². The van der Waals surface area contributed by atoms with Crippen LogP contribution >= 0.6 is 0 Å². The maximum absolute atomic E-state index is 12.2. The van der Waals surface area contributed by atoms with Gasteiger partial charge in [-0.3, -0.25) is 4.79 Å². The number of hydrogen-bond donors (Lipinski definition) is 4. The van der Waals surface area contributed by atoms with Crippen LogP contribution in [-0.4, -0.2) is 26.2 Å². The Balaban J connectivity index is 2.04. The molecule has 5 heteroatoms. The average molecular weight is 284 g/mol. The van der Waals surface area contributed by atoms with E-state index in [1.807, 2.05) is 0 Å². The summed E-state index contributed by atoms with van der Waals surface area (Å²) in [7, 11) is 0. The predicted molar refractivity (Wildman–Crippen MR) is 75.6 cm³/mol. The molecule has 3 rings (SSSR count). The highest BCUT2D eigenvalue weighted by Gasteiger charge is 2.27. The Morgan fingerprint density at radius 3 is 2.24 bits per heavy atom. The van der Waals surface area contributed by atoms with Gasteiger partial charge in [0.25, 0.3) is 0 Å². The molecule has 5 nitrogen and oxygen atoms in total. The number of fused-ring (bicyclic) bond motifs is 1. The van der Waals surface area contributed by atoms with Crippen LogP contribution in [0.3, 0.4) is 0 Å². The van der Waals surface area contributed by atoms with Crippen LogP contribution in [0.5, 0.6) is 23.0 Å². The molecule has 0 unspecified atom stereocenters. The molecule has 0 saturated heterocycles. The minimum atomic E-state index is -0.601. The topological polar surface area (TPSA) is 98.0 Å². The summed E-state index contributed by atoms with van der Waals surface area (Å²) in [5, 5.41) is 38.0. The molecule has 0 radical (unpaired) electrons. The van der Waals surface area contributed by atoms with Crippen molar-refractivity contribution in [1.29, 1.82) is 0 Å². The molecule has 0 fully saturated rings. The molecule has 0 bridgehead atoms. The van der Waals surface area contributed by atoms with E-state index in [-0.39, 0.29) is 18.0 Å². The summed E-state index contributed by atoms with van der Waals surface area (Å²) >= 11 is 0. The van der Waals surface area contributed by atoms with Gasteiger partial charge in [-0.1, -0.05) is 12.1 Å². The molecule has 21 heavy (non-hydrogen) atoms. The van der Waals surface area contributed by atoms with E-state index >= 15 is 0 Å². The summed E-state index contributed by atoms with van der Waals surface area (Å²) in [6, 6.07) is 7.26. The van der Waals surface area contributed by atoms with Gasteiger partial charge in [0.05, 0.1) is 0 Å². The van der Waals surface area contributed by atoms with Crippen molar-refractivity contribution in [1.82, 2.24) is 0 Å². The summed E-state index contributed by atoms with van der Waals surface area (Å²) in [4.78, 5) is 12.2. The summed E-state index contributed by atoms with van der Waals surface area (Å²) in [6.45, 7) is 0. The lowest BCUT2D eigenvalue weighted by atomic mass is 10.1. The van der Waals surface area contributed by atoms with E-state index in [1.165, 1.54) is 24.3 Å². The number of carbonyl (C=O) groups is 1. The first-order valence-electron chi connectivity index (χ1n) is 6.28. The number of benzene rings is 2. The van der Waals surface area contributed by atoms with Crippen LogP contribution in [0.4, 0.5) is 0 Å². The van der Waals surface area contributed by atoms with E-state index in [2.05, 4.69) is 0 Å². The van der Waals surface area contributed by atoms with Crippen LogP contribution in [-0.2, 0) is 6.42 Å². The molecular formula is C16H12O5.